The van der Waals surface area contributed by atoms with E-state index >= 15 is 0 Å². The molecule has 1 aliphatic heterocycles. The summed E-state index contributed by atoms with van der Waals surface area (Å²) in [5, 5.41) is 0. The molecule has 20 heavy (non-hydrogen) atoms. The Morgan fingerprint density at radius 2 is 2.35 bits per heavy atom. The highest BCUT2D eigenvalue weighted by molar-refractivity contribution is 5.95. The summed E-state index contributed by atoms with van der Waals surface area (Å²) in [7, 11) is 0. The van der Waals surface area contributed by atoms with Crippen molar-refractivity contribution in [2.45, 2.75) is 32.7 Å². The second-order valence-electron chi connectivity index (χ2n) is 5.26. The number of carbonyl (C=O) groups excluding carboxylic acids is 1. The molecule has 2 N–H and O–H groups in total. The summed E-state index contributed by atoms with van der Waals surface area (Å²) in [6.07, 6.45) is 3.86. The van der Waals surface area contributed by atoms with Crippen LogP contribution in [0.5, 0.6) is 0 Å². The molecule has 2 heterocycles. The summed E-state index contributed by atoms with van der Waals surface area (Å²) in [6, 6.07) is 3.86. The van der Waals surface area contributed by atoms with Crippen molar-refractivity contribution in [2.75, 3.05) is 13.1 Å². The Bertz CT molecular complexity index is 544. The van der Waals surface area contributed by atoms with Crippen molar-refractivity contribution in [1.82, 2.24) is 9.88 Å². The zero-order chi connectivity index (χ0) is 14.5. The summed E-state index contributed by atoms with van der Waals surface area (Å²) in [4.78, 5) is 18.9. The molecule has 1 aromatic rings. The van der Waals surface area contributed by atoms with Crippen LogP contribution in [-0.4, -0.2) is 34.9 Å². The van der Waals surface area contributed by atoms with Crippen LogP contribution < -0.4 is 5.73 Å². The molecule has 2 rings (SSSR count). The number of nitrogens with zero attached hydrogens (tertiary/aromatic N) is 2. The zero-order valence-electron chi connectivity index (χ0n) is 12.1. The molecular weight excluding hydrogens is 250 g/mol. The van der Waals surface area contributed by atoms with Gasteiger partial charge >= 0.3 is 0 Å². The molecule has 1 saturated heterocycles. The van der Waals surface area contributed by atoms with Crippen LogP contribution in [-0.2, 0) is 0 Å². The largest absolute Gasteiger partial charge is 0.334 e. The van der Waals surface area contributed by atoms with Gasteiger partial charge in [-0.05, 0) is 37.8 Å². The fraction of sp³-hybridized carbons (Fsp3) is 0.500. The third kappa shape index (κ3) is 3.00. The minimum atomic E-state index is -0.0222. The van der Waals surface area contributed by atoms with Crippen LogP contribution in [0.2, 0.25) is 0 Å². The van der Waals surface area contributed by atoms with Gasteiger partial charge < -0.3 is 10.6 Å². The van der Waals surface area contributed by atoms with Crippen molar-refractivity contribution < 1.29 is 4.79 Å². The first-order valence-electron chi connectivity index (χ1n) is 7.10. The lowest BCUT2D eigenvalue weighted by Crippen LogP contribution is -2.46. The Hall–Kier alpha value is -1.86. The highest BCUT2D eigenvalue weighted by Gasteiger charge is 2.30. The molecule has 4 nitrogen and oxygen atoms in total. The smallest absolute Gasteiger partial charge is 0.273 e. The standard InChI is InChI=1S/C16H21N3O/c1-12-6-5-11-19(13(12)2)16(20)15-14(7-3-9-17)8-4-10-18-15/h4,8,10,12-13H,5-6,9,11,17H2,1-2H3. The van der Waals surface area contributed by atoms with Gasteiger partial charge in [0.05, 0.1) is 12.1 Å². The molecule has 0 saturated carbocycles. The molecule has 1 aromatic heterocycles. The van der Waals surface area contributed by atoms with Crippen LogP contribution in [0.3, 0.4) is 0 Å². The van der Waals surface area contributed by atoms with E-state index in [2.05, 4.69) is 30.7 Å². The van der Waals surface area contributed by atoms with Crippen LogP contribution in [0.4, 0.5) is 0 Å². The number of likely N-dealkylation sites (tertiary alicyclic amines) is 1. The Balaban J connectivity index is 2.29. The lowest BCUT2D eigenvalue weighted by Gasteiger charge is -2.37. The maximum absolute atomic E-state index is 12.7. The minimum absolute atomic E-state index is 0.0222. The summed E-state index contributed by atoms with van der Waals surface area (Å²) in [5.74, 6) is 6.22. The van der Waals surface area contributed by atoms with Gasteiger partial charge in [-0.3, -0.25) is 4.79 Å². The molecular formula is C16H21N3O. The zero-order valence-corrected chi connectivity index (χ0v) is 12.1. The van der Waals surface area contributed by atoms with Gasteiger partial charge in [0.2, 0.25) is 0 Å². The van der Waals surface area contributed by atoms with Crippen molar-refractivity contribution in [2.24, 2.45) is 11.7 Å². The molecule has 2 atom stereocenters. The second kappa shape index (κ2) is 6.53. The van der Waals surface area contributed by atoms with E-state index < -0.39 is 0 Å². The molecule has 0 spiro atoms. The lowest BCUT2D eigenvalue weighted by molar-refractivity contribution is 0.0544. The molecule has 0 bridgehead atoms. The predicted molar refractivity (Wildman–Crippen MR) is 79.1 cm³/mol. The van der Waals surface area contributed by atoms with Crippen molar-refractivity contribution >= 4 is 5.91 Å². The van der Waals surface area contributed by atoms with Crippen molar-refractivity contribution in [3.63, 3.8) is 0 Å². The first kappa shape index (κ1) is 14.5. The minimum Gasteiger partial charge on any atom is -0.334 e. The fourth-order valence-electron chi connectivity index (χ4n) is 2.58. The molecule has 1 amide bonds. The molecule has 1 aliphatic rings. The monoisotopic (exact) mass is 271 g/mol. The van der Waals surface area contributed by atoms with Crippen LogP contribution in [0.15, 0.2) is 18.3 Å². The van der Waals surface area contributed by atoms with E-state index in [0.717, 1.165) is 13.0 Å². The van der Waals surface area contributed by atoms with Gasteiger partial charge in [-0.2, -0.15) is 0 Å². The molecule has 0 aromatic carbocycles. The molecule has 106 valence electrons. The molecule has 0 aliphatic carbocycles. The number of amides is 1. The van der Waals surface area contributed by atoms with Crippen LogP contribution in [0, 0.1) is 17.8 Å². The molecule has 2 unspecified atom stereocenters. The van der Waals surface area contributed by atoms with Crippen molar-refractivity contribution in [3.05, 3.63) is 29.6 Å². The Morgan fingerprint density at radius 1 is 1.55 bits per heavy atom. The first-order chi connectivity index (χ1) is 9.65. The normalized spacial score (nSPS) is 22.1. The third-order valence-electron chi connectivity index (χ3n) is 3.97. The Morgan fingerprint density at radius 3 is 3.10 bits per heavy atom. The first-order valence-corrected chi connectivity index (χ1v) is 7.10. The van der Waals surface area contributed by atoms with Crippen LogP contribution in [0.25, 0.3) is 0 Å². The SMILES string of the molecule is CC1CCCN(C(=O)c2ncccc2C#CCN)C1C. The van der Waals surface area contributed by atoms with Gasteiger partial charge in [0.25, 0.3) is 5.91 Å². The second-order valence-corrected chi connectivity index (χ2v) is 5.26. The molecule has 4 heteroatoms. The Labute approximate surface area is 120 Å². The van der Waals surface area contributed by atoms with Gasteiger partial charge in [-0.1, -0.05) is 18.8 Å². The number of hydrogen-bond donors (Lipinski definition) is 1. The summed E-state index contributed by atoms with van der Waals surface area (Å²) in [5.41, 5.74) is 6.50. The van der Waals surface area contributed by atoms with Crippen LogP contribution >= 0.6 is 0 Å². The topological polar surface area (TPSA) is 59.2 Å². The molecule has 0 radical (unpaired) electrons. The molecule has 1 fully saturated rings. The van der Waals surface area contributed by atoms with E-state index in [1.807, 2.05) is 11.0 Å². The van der Waals surface area contributed by atoms with Gasteiger partial charge in [-0.25, -0.2) is 4.98 Å². The van der Waals surface area contributed by atoms with E-state index in [1.54, 1.807) is 12.3 Å². The number of piperidine rings is 1. The maximum Gasteiger partial charge on any atom is 0.273 e. The van der Waals surface area contributed by atoms with E-state index in [9.17, 15) is 4.79 Å². The van der Waals surface area contributed by atoms with Crippen LogP contribution in [0.1, 0.15) is 42.7 Å². The number of nitrogens with two attached hydrogens (primary N) is 1. The van der Waals surface area contributed by atoms with E-state index in [0.29, 0.717) is 17.2 Å². The summed E-state index contributed by atoms with van der Waals surface area (Å²) >= 11 is 0. The average molecular weight is 271 g/mol. The average Bonchev–Trinajstić information content (AvgIpc) is 2.47. The van der Waals surface area contributed by atoms with Gasteiger partial charge in [0.1, 0.15) is 5.69 Å². The summed E-state index contributed by atoms with van der Waals surface area (Å²) in [6.45, 7) is 5.37. The summed E-state index contributed by atoms with van der Waals surface area (Å²) < 4.78 is 0. The number of hydrogen-bond acceptors (Lipinski definition) is 3. The highest BCUT2D eigenvalue weighted by Crippen LogP contribution is 2.24. The number of carbonyl (C=O) groups is 1. The van der Waals surface area contributed by atoms with E-state index in [-0.39, 0.29) is 18.5 Å². The highest BCUT2D eigenvalue weighted by atomic mass is 16.2. The number of pyridine rings is 1. The van der Waals surface area contributed by atoms with Crippen molar-refractivity contribution in [1.29, 1.82) is 0 Å². The van der Waals surface area contributed by atoms with E-state index in [1.165, 1.54) is 6.42 Å². The van der Waals surface area contributed by atoms with E-state index in [4.69, 9.17) is 5.73 Å². The van der Waals surface area contributed by atoms with Crippen molar-refractivity contribution in [3.8, 4) is 11.8 Å². The van der Waals surface area contributed by atoms with Gasteiger partial charge in [-0.15, -0.1) is 0 Å². The third-order valence-corrected chi connectivity index (χ3v) is 3.97. The number of aromatic nitrogens is 1. The lowest BCUT2D eigenvalue weighted by atomic mass is 9.91. The Kier molecular flexibility index (Phi) is 4.75. The van der Waals surface area contributed by atoms with Gasteiger partial charge in [0.15, 0.2) is 0 Å². The predicted octanol–water partition coefficient (Wildman–Crippen LogP) is 1.65. The quantitative estimate of drug-likeness (QED) is 0.790. The fourth-order valence-corrected chi connectivity index (χ4v) is 2.58. The maximum atomic E-state index is 12.7. The van der Waals surface area contributed by atoms with Gasteiger partial charge in [0, 0.05) is 18.8 Å². The number of rotatable bonds is 1.